The van der Waals surface area contributed by atoms with Crippen LogP contribution in [0.1, 0.15) is 24.8 Å². The molecule has 2 rings (SSSR count). The minimum Gasteiger partial charge on any atom is -0.462 e. The lowest BCUT2D eigenvalue weighted by Gasteiger charge is -2.21. The van der Waals surface area contributed by atoms with Crippen molar-refractivity contribution in [2.24, 2.45) is 0 Å². The van der Waals surface area contributed by atoms with E-state index in [0.29, 0.717) is 12.8 Å². The monoisotopic (exact) mass is 236 g/mol. The lowest BCUT2D eigenvalue weighted by Crippen LogP contribution is -2.29. The molecule has 0 saturated carbocycles. The highest BCUT2D eigenvalue weighted by atomic mass is 19.1. The third-order valence-electron chi connectivity index (χ3n) is 2.74. The normalized spacial score (nSPS) is 20.2. The van der Waals surface area contributed by atoms with E-state index < -0.39 is 5.97 Å². The quantitative estimate of drug-likeness (QED) is 0.595. The van der Waals surface area contributed by atoms with Crippen LogP contribution < -0.4 is 0 Å². The molecule has 0 aliphatic carbocycles. The van der Waals surface area contributed by atoms with Crippen molar-refractivity contribution >= 4 is 11.8 Å². The Balaban J connectivity index is 1.89. The first-order valence-electron chi connectivity index (χ1n) is 5.59. The second-order valence-corrected chi connectivity index (χ2v) is 4.20. The van der Waals surface area contributed by atoms with Gasteiger partial charge in [-0.25, -0.2) is 4.39 Å². The number of hydrogen-bond acceptors (Lipinski definition) is 3. The average molecular weight is 236 g/mol. The van der Waals surface area contributed by atoms with Gasteiger partial charge in [-0.2, -0.15) is 0 Å². The van der Waals surface area contributed by atoms with Gasteiger partial charge < -0.3 is 4.74 Å². The molecule has 0 bridgehead atoms. The predicted molar refractivity (Wildman–Crippen MR) is 58.8 cm³/mol. The third-order valence-corrected chi connectivity index (χ3v) is 2.74. The number of ether oxygens (including phenoxy) is 1. The second kappa shape index (κ2) is 5.08. The standard InChI is InChI=1S/C13H13FO3/c14-10-3-1-2-9(6-10)4-5-12-7-11(15)8-13(16)17-12/h1-3,6,12H,4-5,7-8H2/t12-/m0/s1. The smallest absolute Gasteiger partial charge is 0.313 e. The molecule has 1 aliphatic heterocycles. The Morgan fingerprint density at radius 1 is 1.35 bits per heavy atom. The topological polar surface area (TPSA) is 43.4 Å². The van der Waals surface area contributed by atoms with E-state index in [1.54, 1.807) is 6.07 Å². The van der Waals surface area contributed by atoms with E-state index in [-0.39, 0.29) is 30.5 Å². The molecule has 1 saturated heterocycles. The fourth-order valence-electron chi connectivity index (χ4n) is 1.94. The molecular weight excluding hydrogens is 223 g/mol. The van der Waals surface area contributed by atoms with Gasteiger partial charge in [0.15, 0.2) is 0 Å². The van der Waals surface area contributed by atoms with E-state index in [1.807, 2.05) is 6.07 Å². The van der Waals surface area contributed by atoms with Gasteiger partial charge >= 0.3 is 5.97 Å². The van der Waals surface area contributed by atoms with Gasteiger partial charge in [-0.1, -0.05) is 12.1 Å². The van der Waals surface area contributed by atoms with Gasteiger partial charge in [0.25, 0.3) is 0 Å². The van der Waals surface area contributed by atoms with E-state index in [1.165, 1.54) is 12.1 Å². The van der Waals surface area contributed by atoms with Gasteiger partial charge in [-0.15, -0.1) is 0 Å². The molecule has 0 N–H and O–H groups in total. The molecular formula is C13H13FO3. The minimum absolute atomic E-state index is 0.0782. The van der Waals surface area contributed by atoms with Crippen LogP contribution in [0.4, 0.5) is 4.39 Å². The van der Waals surface area contributed by atoms with Crippen molar-refractivity contribution in [2.75, 3.05) is 0 Å². The van der Waals surface area contributed by atoms with Crippen molar-refractivity contribution in [2.45, 2.75) is 31.8 Å². The van der Waals surface area contributed by atoms with Crippen LogP contribution in [-0.2, 0) is 20.7 Å². The molecule has 1 aliphatic rings. The number of aryl methyl sites for hydroxylation is 1. The zero-order valence-electron chi connectivity index (χ0n) is 9.32. The van der Waals surface area contributed by atoms with Gasteiger partial charge in [-0.05, 0) is 30.5 Å². The summed E-state index contributed by atoms with van der Waals surface area (Å²) < 4.78 is 18.0. The van der Waals surface area contributed by atoms with Gasteiger partial charge in [0.2, 0.25) is 0 Å². The molecule has 3 nitrogen and oxygen atoms in total. The van der Waals surface area contributed by atoms with Crippen LogP contribution in [-0.4, -0.2) is 17.9 Å². The van der Waals surface area contributed by atoms with E-state index in [9.17, 15) is 14.0 Å². The average Bonchev–Trinajstić information content (AvgIpc) is 2.25. The summed E-state index contributed by atoms with van der Waals surface area (Å²) in [5, 5.41) is 0. The SMILES string of the molecule is O=C1CC(=O)O[C@@H](CCc2cccc(F)c2)C1. The summed E-state index contributed by atoms with van der Waals surface area (Å²) >= 11 is 0. The molecule has 0 amide bonds. The van der Waals surface area contributed by atoms with Crippen LogP contribution in [0.3, 0.4) is 0 Å². The number of hydrogen-bond donors (Lipinski definition) is 0. The molecule has 1 atom stereocenters. The number of rotatable bonds is 3. The molecule has 17 heavy (non-hydrogen) atoms. The number of Topliss-reactive ketones (excluding diaryl/α,β-unsaturated/α-hetero) is 1. The van der Waals surface area contributed by atoms with Crippen LogP contribution in [0.5, 0.6) is 0 Å². The Hall–Kier alpha value is -1.71. The van der Waals surface area contributed by atoms with Crippen LogP contribution >= 0.6 is 0 Å². The van der Waals surface area contributed by atoms with Gasteiger partial charge in [0.05, 0.1) is 0 Å². The summed E-state index contributed by atoms with van der Waals surface area (Å²) in [7, 11) is 0. The molecule has 1 aromatic carbocycles. The summed E-state index contributed by atoms with van der Waals surface area (Å²) in [6.45, 7) is 0. The molecule has 0 aromatic heterocycles. The second-order valence-electron chi connectivity index (χ2n) is 4.20. The molecule has 1 aromatic rings. The van der Waals surface area contributed by atoms with Crippen LogP contribution in [0, 0.1) is 5.82 Å². The Bertz CT molecular complexity index is 426. The third kappa shape index (κ3) is 3.37. The molecule has 90 valence electrons. The van der Waals surface area contributed by atoms with E-state index in [2.05, 4.69) is 0 Å². The molecule has 1 fully saturated rings. The lowest BCUT2D eigenvalue weighted by atomic mass is 10.0. The number of esters is 1. The highest BCUT2D eigenvalue weighted by Gasteiger charge is 2.26. The van der Waals surface area contributed by atoms with Crippen molar-refractivity contribution < 1.29 is 18.7 Å². The number of carbonyl (C=O) groups is 2. The molecule has 4 heteroatoms. The van der Waals surface area contributed by atoms with E-state index >= 15 is 0 Å². The molecule has 0 unspecified atom stereocenters. The molecule has 1 heterocycles. The minimum atomic E-state index is -0.453. The largest absolute Gasteiger partial charge is 0.462 e. The first kappa shape index (κ1) is 11.8. The Labute approximate surface area is 98.6 Å². The van der Waals surface area contributed by atoms with Crippen LogP contribution in [0.25, 0.3) is 0 Å². The van der Waals surface area contributed by atoms with Gasteiger partial charge in [-0.3, -0.25) is 9.59 Å². The Kier molecular flexibility index (Phi) is 3.52. The maximum Gasteiger partial charge on any atom is 0.313 e. The van der Waals surface area contributed by atoms with Crippen molar-refractivity contribution in [3.8, 4) is 0 Å². The Morgan fingerprint density at radius 2 is 2.18 bits per heavy atom. The lowest BCUT2D eigenvalue weighted by molar-refractivity contribution is -0.157. The van der Waals surface area contributed by atoms with E-state index in [0.717, 1.165) is 5.56 Å². The van der Waals surface area contributed by atoms with Crippen molar-refractivity contribution in [3.05, 3.63) is 35.6 Å². The number of ketones is 1. The summed E-state index contributed by atoms with van der Waals surface area (Å²) in [6.07, 6.45) is 0.966. The van der Waals surface area contributed by atoms with Gasteiger partial charge in [0.1, 0.15) is 24.1 Å². The summed E-state index contributed by atoms with van der Waals surface area (Å²) in [5.41, 5.74) is 0.846. The maximum absolute atomic E-state index is 12.9. The van der Waals surface area contributed by atoms with Crippen LogP contribution in [0.15, 0.2) is 24.3 Å². The summed E-state index contributed by atoms with van der Waals surface area (Å²) in [6, 6.07) is 6.29. The van der Waals surface area contributed by atoms with Crippen molar-refractivity contribution in [3.63, 3.8) is 0 Å². The molecule has 0 spiro atoms. The highest BCUT2D eigenvalue weighted by Crippen LogP contribution is 2.17. The first-order valence-corrected chi connectivity index (χ1v) is 5.59. The fourth-order valence-corrected chi connectivity index (χ4v) is 1.94. The zero-order chi connectivity index (χ0) is 12.3. The van der Waals surface area contributed by atoms with Crippen LogP contribution in [0.2, 0.25) is 0 Å². The fraction of sp³-hybridized carbons (Fsp3) is 0.385. The zero-order valence-corrected chi connectivity index (χ0v) is 9.32. The Morgan fingerprint density at radius 3 is 2.88 bits per heavy atom. The number of carbonyl (C=O) groups excluding carboxylic acids is 2. The number of cyclic esters (lactones) is 1. The van der Waals surface area contributed by atoms with Gasteiger partial charge in [0, 0.05) is 6.42 Å². The highest BCUT2D eigenvalue weighted by molar-refractivity contribution is 5.97. The predicted octanol–water partition coefficient (Wildman–Crippen LogP) is 2.03. The number of halogens is 1. The van der Waals surface area contributed by atoms with Crippen molar-refractivity contribution in [1.29, 1.82) is 0 Å². The summed E-state index contributed by atoms with van der Waals surface area (Å²) in [5.74, 6) is -0.810. The first-order chi connectivity index (χ1) is 8.13. The maximum atomic E-state index is 12.9. The summed E-state index contributed by atoms with van der Waals surface area (Å²) in [4.78, 5) is 22.2. The van der Waals surface area contributed by atoms with Crippen molar-refractivity contribution in [1.82, 2.24) is 0 Å². The molecule has 0 radical (unpaired) electrons. The number of benzene rings is 1. The van der Waals surface area contributed by atoms with E-state index in [4.69, 9.17) is 4.74 Å².